The van der Waals surface area contributed by atoms with Gasteiger partial charge >= 0.3 is 0 Å². The van der Waals surface area contributed by atoms with Crippen LogP contribution in [0.4, 0.5) is 4.39 Å². The fraction of sp³-hybridized carbons (Fsp3) is 0.0741. The van der Waals surface area contributed by atoms with Crippen LogP contribution in [-0.2, 0) is 0 Å². The van der Waals surface area contributed by atoms with Crippen LogP contribution in [0.25, 0.3) is 43.5 Å². The highest BCUT2D eigenvalue weighted by Crippen LogP contribution is 2.32. The maximum absolute atomic E-state index is 13.9. The van der Waals surface area contributed by atoms with Crippen LogP contribution < -0.4 is 5.56 Å². The third-order valence-electron chi connectivity index (χ3n) is 6.23. The number of nitrogens with zero attached hydrogens (tertiary/aromatic N) is 3. The van der Waals surface area contributed by atoms with Crippen LogP contribution in [0, 0.1) is 5.82 Å². The maximum Gasteiger partial charge on any atom is 0.251 e. The molecule has 178 valence electrons. The lowest BCUT2D eigenvalue weighted by Gasteiger charge is -2.19. The molecular weight excluding hydrogens is 543 g/mol. The van der Waals surface area contributed by atoms with Gasteiger partial charge in [0.25, 0.3) is 5.56 Å². The summed E-state index contributed by atoms with van der Waals surface area (Å²) in [7, 11) is 0. The zero-order chi connectivity index (χ0) is 24.8. The Morgan fingerprint density at radius 1 is 1.03 bits per heavy atom. The van der Waals surface area contributed by atoms with Gasteiger partial charge in [0.1, 0.15) is 5.82 Å². The molecule has 0 aliphatic rings. The third kappa shape index (κ3) is 4.05. The van der Waals surface area contributed by atoms with E-state index in [2.05, 4.69) is 37.2 Å². The number of halogens is 2. The molecule has 6 nitrogen and oxygen atoms in total. The number of thiazole rings is 1. The van der Waals surface area contributed by atoms with E-state index in [1.807, 2.05) is 41.9 Å². The van der Waals surface area contributed by atoms with Crippen LogP contribution in [0.15, 0.2) is 87.7 Å². The smallest absolute Gasteiger partial charge is 0.251 e. The van der Waals surface area contributed by atoms with Gasteiger partial charge in [0.05, 0.1) is 39.6 Å². The van der Waals surface area contributed by atoms with Crippen molar-refractivity contribution in [3.05, 3.63) is 105 Å². The van der Waals surface area contributed by atoms with Crippen molar-refractivity contribution in [2.24, 2.45) is 0 Å². The number of nitrogens with one attached hydrogen (secondary N) is 1. The highest BCUT2D eigenvalue weighted by Gasteiger charge is 2.17. The number of H-pyrrole nitrogens is 1. The van der Waals surface area contributed by atoms with Crippen molar-refractivity contribution in [2.45, 2.75) is 6.04 Å². The van der Waals surface area contributed by atoms with Crippen molar-refractivity contribution in [3.8, 4) is 22.4 Å². The Morgan fingerprint density at radius 3 is 2.67 bits per heavy atom. The lowest BCUT2D eigenvalue weighted by Crippen LogP contribution is -2.27. The van der Waals surface area contributed by atoms with E-state index in [4.69, 9.17) is 0 Å². The zero-order valence-electron chi connectivity index (χ0n) is 18.7. The second-order valence-corrected chi connectivity index (χ2v) is 10.2. The predicted molar refractivity (Wildman–Crippen MR) is 144 cm³/mol. The Balaban J connectivity index is 1.39. The number of aliphatic hydroxyl groups is 1. The second kappa shape index (κ2) is 9.09. The molecule has 0 saturated heterocycles. The van der Waals surface area contributed by atoms with Crippen molar-refractivity contribution in [2.75, 3.05) is 6.61 Å². The molecule has 0 bridgehead atoms. The molecule has 9 heteroatoms. The summed E-state index contributed by atoms with van der Waals surface area (Å²) in [6.07, 6.45) is 1.63. The minimum atomic E-state index is -0.705. The van der Waals surface area contributed by atoms with Crippen molar-refractivity contribution in [3.63, 3.8) is 0 Å². The highest BCUT2D eigenvalue weighted by atomic mass is 79.9. The summed E-state index contributed by atoms with van der Waals surface area (Å²) in [5.41, 5.74) is 7.29. The number of hydrogen-bond donors (Lipinski definition) is 2. The molecule has 6 rings (SSSR count). The number of hydrogen-bond acceptors (Lipinski definition) is 5. The number of rotatable bonds is 5. The lowest BCUT2D eigenvalue weighted by molar-refractivity contribution is 0.246. The van der Waals surface area contributed by atoms with E-state index >= 15 is 0 Å². The van der Waals surface area contributed by atoms with E-state index in [1.165, 1.54) is 22.8 Å². The van der Waals surface area contributed by atoms with E-state index in [0.717, 1.165) is 43.5 Å². The maximum atomic E-state index is 13.9. The largest absolute Gasteiger partial charge is 0.394 e. The van der Waals surface area contributed by atoms with Crippen molar-refractivity contribution in [1.82, 2.24) is 19.7 Å². The van der Waals surface area contributed by atoms with Crippen LogP contribution in [-0.4, -0.2) is 31.5 Å². The Labute approximate surface area is 216 Å². The second-order valence-electron chi connectivity index (χ2n) is 8.43. The van der Waals surface area contributed by atoms with E-state index in [1.54, 1.807) is 23.6 Å². The summed E-state index contributed by atoms with van der Waals surface area (Å²) in [5, 5.41) is 18.6. The van der Waals surface area contributed by atoms with Crippen LogP contribution in [0.3, 0.4) is 0 Å². The number of aromatic nitrogens is 4. The molecule has 0 spiro atoms. The first-order chi connectivity index (χ1) is 17.5. The molecular formula is C27H18BrFN4O2S. The Morgan fingerprint density at radius 2 is 1.86 bits per heavy atom. The first kappa shape index (κ1) is 22.8. The monoisotopic (exact) mass is 560 g/mol. The van der Waals surface area contributed by atoms with Crippen molar-refractivity contribution in [1.29, 1.82) is 0 Å². The van der Waals surface area contributed by atoms with Gasteiger partial charge in [-0.2, -0.15) is 5.10 Å². The minimum absolute atomic E-state index is 0.296. The van der Waals surface area contributed by atoms with Crippen LogP contribution >= 0.6 is 27.3 Å². The molecule has 6 aromatic rings. The summed E-state index contributed by atoms with van der Waals surface area (Å²) in [5.74, 6) is -0.443. The molecule has 1 atom stereocenters. The first-order valence-corrected chi connectivity index (χ1v) is 12.8. The standard InChI is InChI=1S/C27H18BrFN4O2S/c28-19-7-18(8-20(29)12-19)24(13-34)33-6-5-16(11-26(33)35)15-1-3-22-21(9-15)27(32-31-22)17-2-4-23-25(10-17)36-14-30-23/h1-12,14,24,34H,13H2,(H,31,32). The summed E-state index contributed by atoms with van der Waals surface area (Å²) in [6.45, 7) is -0.344. The lowest BCUT2D eigenvalue weighted by atomic mass is 10.0. The predicted octanol–water partition coefficient (Wildman–Crippen LogP) is 6.15. The fourth-order valence-corrected chi connectivity index (χ4v) is 5.66. The normalized spacial score (nSPS) is 12.4. The highest BCUT2D eigenvalue weighted by molar-refractivity contribution is 9.10. The molecule has 3 heterocycles. The molecule has 0 fully saturated rings. The molecule has 0 radical (unpaired) electrons. The average Bonchev–Trinajstić information content (AvgIpc) is 3.51. The van der Waals surface area contributed by atoms with Gasteiger partial charge in [-0.25, -0.2) is 9.37 Å². The number of aromatic amines is 1. The number of pyridine rings is 1. The van der Waals surface area contributed by atoms with Gasteiger partial charge in [0.2, 0.25) is 0 Å². The van der Waals surface area contributed by atoms with Crippen LogP contribution in [0.2, 0.25) is 0 Å². The molecule has 1 unspecified atom stereocenters. The molecule has 0 aliphatic carbocycles. The van der Waals surface area contributed by atoms with Crippen molar-refractivity contribution < 1.29 is 9.50 Å². The summed E-state index contributed by atoms with van der Waals surface area (Å²) >= 11 is 4.86. The average molecular weight is 561 g/mol. The molecule has 36 heavy (non-hydrogen) atoms. The molecule has 2 N–H and O–H groups in total. The summed E-state index contributed by atoms with van der Waals surface area (Å²) in [6, 6.07) is 19.0. The van der Waals surface area contributed by atoms with Gasteiger partial charge in [0, 0.05) is 27.7 Å². The van der Waals surface area contributed by atoms with E-state index in [9.17, 15) is 14.3 Å². The topological polar surface area (TPSA) is 83.8 Å². The van der Waals surface area contributed by atoms with Gasteiger partial charge in [-0.05, 0) is 65.2 Å². The number of aliphatic hydroxyl groups excluding tert-OH is 1. The molecule has 3 aromatic carbocycles. The SMILES string of the molecule is O=c1cc(-c2ccc3[nH]nc(-c4ccc5ncsc5c4)c3c2)ccn1C(CO)c1cc(F)cc(Br)c1. The number of fused-ring (bicyclic) bond motifs is 2. The summed E-state index contributed by atoms with van der Waals surface area (Å²) < 4.78 is 17.0. The van der Waals surface area contributed by atoms with Gasteiger partial charge in [-0.15, -0.1) is 11.3 Å². The number of benzene rings is 3. The minimum Gasteiger partial charge on any atom is -0.394 e. The van der Waals surface area contributed by atoms with Gasteiger partial charge in [-0.3, -0.25) is 9.89 Å². The Bertz CT molecular complexity index is 1790. The van der Waals surface area contributed by atoms with Gasteiger partial charge in [-0.1, -0.05) is 28.1 Å². The van der Waals surface area contributed by atoms with E-state index in [-0.39, 0.29) is 12.2 Å². The van der Waals surface area contributed by atoms with Crippen LogP contribution in [0.5, 0.6) is 0 Å². The summed E-state index contributed by atoms with van der Waals surface area (Å²) in [4.78, 5) is 17.4. The van der Waals surface area contributed by atoms with Gasteiger partial charge < -0.3 is 9.67 Å². The Kier molecular flexibility index (Phi) is 5.75. The van der Waals surface area contributed by atoms with E-state index in [0.29, 0.717) is 10.0 Å². The molecule has 3 aromatic heterocycles. The van der Waals surface area contributed by atoms with E-state index < -0.39 is 11.9 Å². The van der Waals surface area contributed by atoms with Crippen molar-refractivity contribution >= 4 is 48.4 Å². The third-order valence-corrected chi connectivity index (χ3v) is 7.48. The zero-order valence-corrected chi connectivity index (χ0v) is 21.1. The Hall–Kier alpha value is -3.66. The first-order valence-electron chi connectivity index (χ1n) is 11.1. The molecule has 0 amide bonds. The fourth-order valence-electron chi connectivity index (χ4n) is 4.46. The molecule has 0 aliphatic heterocycles. The molecule has 0 saturated carbocycles. The van der Waals surface area contributed by atoms with Gasteiger partial charge in [0.15, 0.2) is 0 Å². The quantitative estimate of drug-likeness (QED) is 0.265. The van der Waals surface area contributed by atoms with Crippen LogP contribution in [0.1, 0.15) is 11.6 Å².